The van der Waals surface area contributed by atoms with Crippen molar-refractivity contribution in [1.82, 2.24) is 0 Å². The fraction of sp³-hybridized carbons (Fsp3) is 0.100. The summed E-state index contributed by atoms with van der Waals surface area (Å²) < 4.78 is 0.764. The van der Waals surface area contributed by atoms with Crippen molar-refractivity contribution in [3.63, 3.8) is 0 Å². The summed E-state index contributed by atoms with van der Waals surface area (Å²) in [5.41, 5.74) is 0.844. The van der Waals surface area contributed by atoms with Crippen molar-refractivity contribution in [2.24, 2.45) is 0 Å². The average Bonchev–Trinajstić information content (AvgIpc) is 2.44. The summed E-state index contributed by atoms with van der Waals surface area (Å²) in [5, 5.41) is 0. The highest BCUT2D eigenvalue weighted by molar-refractivity contribution is 9.10. The van der Waals surface area contributed by atoms with E-state index >= 15 is 0 Å². The van der Waals surface area contributed by atoms with Crippen LogP contribution in [0.4, 0.5) is 5.69 Å². The van der Waals surface area contributed by atoms with Crippen LogP contribution in [0, 0.1) is 0 Å². The van der Waals surface area contributed by atoms with E-state index in [0.29, 0.717) is 17.5 Å². The van der Waals surface area contributed by atoms with Crippen LogP contribution in [0.2, 0.25) is 0 Å². The molecule has 1 aromatic carbocycles. The van der Waals surface area contributed by atoms with E-state index in [9.17, 15) is 14.4 Å². The quantitative estimate of drug-likeness (QED) is 0.597. The minimum Gasteiger partial charge on any atom is -0.301 e. The van der Waals surface area contributed by atoms with Crippen LogP contribution in [0.5, 0.6) is 0 Å². The van der Waals surface area contributed by atoms with Gasteiger partial charge in [-0.3, -0.25) is 14.5 Å². The van der Waals surface area contributed by atoms with Crippen LogP contribution >= 0.6 is 15.9 Å². The Balaban J connectivity index is 2.56. The van der Waals surface area contributed by atoms with Crippen molar-refractivity contribution >= 4 is 39.6 Å². The maximum atomic E-state index is 11.5. The Labute approximate surface area is 94.0 Å². The lowest BCUT2D eigenvalue weighted by atomic mass is 10.1. The number of anilines is 1. The zero-order valence-corrected chi connectivity index (χ0v) is 9.15. The van der Waals surface area contributed by atoms with E-state index in [2.05, 4.69) is 15.9 Å². The van der Waals surface area contributed by atoms with E-state index in [0.717, 1.165) is 4.47 Å². The van der Waals surface area contributed by atoms with Crippen LogP contribution in [0.3, 0.4) is 0 Å². The molecular weight excluding hydrogens is 262 g/mol. The number of hydrogen-bond donors (Lipinski definition) is 0. The Morgan fingerprint density at radius 1 is 1.33 bits per heavy atom. The third kappa shape index (κ3) is 1.48. The SMILES string of the molecule is O=CCN1C(=O)C(=O)c2ccc(Br)cc21. The van der Waals surface area contributed by atoms with Gasteiger partial charge in [0.15, 0.2) is 0 Å². The highest BCUT2D eigenvalue weighted by Crippen LogP contribution is 2.31. The molecule has 0 N–H and O–H groups in total. The zero-order valence-electron chi connectivity index (χ0n) is 7.57. The molecule has 2 rings (SSSR count). The number of nitrogens with zero attached hydrogens (tertiary/aromatic N) is 1. The van der Waals surface area contributed by atoms with E-state index in [4.69, 9.17) is 0 Å². The van der Waals surface area contributed by atoms with Crippen molar-refractivity contribution < 1.29 is 14.4 Å². The Bertz CT molecular complexity index is 470. The minimum atomic E-state index is -0.643. The van der Waals surface area contributed by atoms with Gasteiger partial charge in [-0.05, 0) is 18.2 Å². The predicted molar refractivity (Wildman–Crippen MR) is 56.9 cm³/mol. The number of ketones is 1. The number of carbonyl (C=O) groups excluding carboxylic acids is 3. The normalized spacial score (nSPS) is 14.3. The van der Waals surface area contributed by atoms with Gasteiger partial charge in [0.1, 0.15) is 6.29 Å². The van der Waals surface area contributed by atoms with Gasteiger partial charge in [-0.2, -0.15) is 0 Å². The molecule has 1 amide bonds. The van der Waals surface area contributed by atoms with E-state index in [1.807, 2.05) is 0 Å². The number of benzene rings is 1. The number of hydrogen-bond acceptors (Lipinski definition) is 3. The summed E-state index contributed by atoms with van der Waals surface area (Å²) in [6.45, 7) is -0.0893. The molecule has 1 aliphatic heterocycles. The molecule has 0 radical (unpaired) electrons. The Morgan fingerprint density at radius 2 is 2.07 bits per heavy atom. The molecule has 15 heavy (non-hydrogen) atoms. The number of rotatable bonds is 2. The molecule has 5 heteroatoms. The third-order valence-corrected chi connectivity index (χ3v) is 2.68. The smallest absolute Gasteiger partial charge is 0.299 e. The Kier molecular flexibility index (Phi) is 2.40. The standard InChI is InChI=1S/C10H6BrNO3/c11-6-1-2-7-8(5-6)12(3-4-13)10(15)9(7)14/h1-2,4-5H,3H2. The van der Waals surface area contributed by atoms with Crippen LogP contribution in [-0.4, -0.2) is 24.5 Å². The predicted octanol–water partition coefficient (Wildman–Crippen LogP) is 1.18. The third-order valence-electron chi connectivity index (χ3n) is 2.19. The van der Waals surface area contributed by atoms with Gasteiger partial charge in [-0.1, -0.05) is 15.9 Å². The second-order valence-electron chi connectivity index (χ2n) is 3.07. The largest absolute Gasteiger partial charge is 0.301 e. The van der Waals surface area contributed by atoms with E-state index in [1.54, 1.807) is 18.2 Å². The topological polar surface area (TPSA) is 54.5 Å². The van der Waals surface area contributed by atoms with Gasteiger partial charge in [-0.25, -0.2) is 0 Å². The summed E-state index contributed by atoms with van der Waals surface area (Å²) >= 11 is 3.25. The summed E-state index contributed by atoms with van der Waals surface area (Å²) in [5.74, 6) is -1.20. The maximum absolute atomic E-state index is 11.5. The van der Waals surface area contributed by atoms with Crippen molar-refractivity contribution in [2.45, 2.75) is 0 Å². The molecule has 1 aromatic rings. The van der Waals surface area contributed by atoms with Gasteiger partial charge in [0.05, 0.1) is 17.8 Å². The number of halogens is 1. The minimum absolute atomic E-state index is 0.0893. The van der Waals surface area contributed by atoms with Crippen molar-refractivity contribution in [1.29, 1.82) is 0 Å². The molecule has 0 saturated carbocycles. The molecule has 0 fully saturated rings. The molecule has 0 aliphatic carbocycles. The van der Waals surface area contributed by atoms with Crippen LogP contribution in [0.25, 0.3) is 0 Å². The average molecular weight is 268 g/mol. The van der Waals surface area contributed by atoms with Gasteiger partial charge in [0, 0.05) is 4.47 Å². The first-order valence-electron chi connectivity index (χ1n) is 4.24. The van der Waals surface area contributed by atoms with E-state index in [-0.39, 0.29) is 6.54 Å². The molecule has 0 aromatic heterocycles. The summed E-state index contributed by atoms with van der Waals surface area (Å²) in [4.78, 5) is 34.5. The first kappa shape index (κ1) is 10.0. The summed E-state index contributed by atoms with van der Waals surface area (Å²) in [6, 6.07) is 4.92. The second kappa shape index (κ2) is 3.58. The molecule has 0 spiro atoms. The monoisotopic (exact) mass is 267 g/mol. The van der Waals surface area contributed by atoms with Crippen molar-refractivity contribution in [3.05, 3.63) is 28.2 Å². The number of fused-ring (bicyclic) bond motifs is 1. The fourth-order valence-electron chi connectivity index (χ4n) is 1.52. The molecule has 0 bridgehead atoms. The van der Waals surface area contributed by atoms with E-state index < -0.39 is 11.7 Å². The van der Waals surface area contributed by atoms with Crippen molar-refractivity contribution in [3.8, 4) is 0 Å². The number of amides is 1. The molecular formula is C10H6BrNO3. The van der Waals surface area contributed by atoms with Gasteiger partial charge < -0.3 is 4.79 Å². The highest BCUT2D eigenvalue weighted by Gasteiger charge is 2.35. The summed E-state index contributed by atoms with van der Waals surface area (Å²) in [7, 11) is 0. The lowest BCUT2D eigenvalue weighted by Gasteiger charge is -2.12. The number of aldehydes is 1. The molecule has 1 heterocycles. The van der Waals surface area contributed by atoms with Crippen LogP contribution in [0.15, 0.2) is 22.7 Å². The molecule has 0 saturated heterocycles. The highest BCUT2D eigenvalue weighted by atomic mass is 79.9. The lowest BCUT2D eigenvalue weighted by molar-refractivity contribution is -0.115. The van der Waals surface area contributed by atoms with Gasteiger partial charge in [-0.15, -0.1) is 0 Å². The zero-order chi connectivity index (χ0) is 11.0. The molecule has 0 unspecified atom stereocenters. The van der Waals surface area contributed by atoms with Crippen LogP contribution < -0.4 is 4.90 Å². The molecule has 4 nitrogen and oxygen atoms in total. The summed E-state index contributed by atoms with van der Waals surface area (Å²) in [6.07, 6.45) is 0.598. The molecule has 76 valence electrons. The van der Waals surface area contributed by atoms with Crippen LogP contribution in [-0.2, 0) is 9.59 Å². The maximum Gasteiger partial charge on any atom is 0.299 e. The lowest BCUT2D eigenvalue weighted by Crippen LogP contribution is -2.31. The van der Waals surface area contributed by atoms with Crippen LogP contribution in [0.1, 0.15) is 10.4 Å². The molecule has 1 aliphatic rings. The number of Topliss-reactive ketones (excluding diaryl/α,β-unsaturated/α-hetero) is 1. The van der Waals surface area contributed by atoms with Gasteiger partial charge in [0.2, 0.25) is 0 Å². The Hall–Kier alpha value is -1.49. The van der Waals surface area contributed by atoms with Crippen molar-refractivity contribution in [2.75, 3.05) is 11.4 Å². The second-order valence-corrected chi connectivity index (χ2v) is 3.99. The van der Waals surface area contributed by atoms with E-state index in [1.165, 1.54) is 4.90 Å². The number of carbonyl (C=O) groups is 3. The van der Waals surface area contributed by atoms with Gasteiger partial charge >= 0.3 is 0 Å². The van der Waals surface area contributed by atoms with Gasteiger partial charge in [0.25, 0.3) is 11.7 Å². The fourth-order valence-corrected chi connectivity index (χ4v) is 1.87. The molecule has 0 atom stereocenters. The first-order valence-corrected chi connectivity index (χ1v) is 5.04. The first-order chi connectivity index (χ1) is 7.15. The Morgan fingerprint density at radius 3 is 2.73 bits per heavy atom.